The molecule has 0 spiro atoms. The highest BCUT2D eigenvalue weighted by atomic mass is 19.1. The standard InChI is InChI=1S/C32H37FN2O5/c1-21(2)16-30(36)39-20-24-8-7-15-34-31(24)23-12-14-28(40-25-9-5-4-6-10-25)26(18-23)32(37)35-19-22-11-13-29(38-3)27(33)17-22/h7-8,11-15,17-18,21,25H,4-6,9-10,16,19-20H2,1-3H3,(H,35,37). The van der Waals surface area contributed by atoms with Gasteiger partial charge in [-0.2, -0.15) is 0 Å². The van der Waals surface area contributed by atoms with Crippen molar-refractivity contribution in [1.82, 2.24) is 10.3 Å². The maximum Gasteiger partial charge on any atom is 0.306 e. The lowest BCUT2D eigenvalue weighted by atomic mass is 9.97. The van der Waals surface area contributed by atoms with Crippen LogP contribution in [0.1, 0.15) is 73.9 Å². The molecule has 4 rings (SSSR count). The Hall–Kier alpha value is -3.94. The molecule has 212 valence electrons. The summed E-state index contributed by atoms with van der Waals surface area (Å²) in [5.74, 6) is -0.259. The van der Waals surface area contributed by atoms with Gasteiger partial charge in [0.1, 0.15) is 12.4 Å². The third kappa shape index (κ3) is 7.81. The number of aromatic nitrogens is 1. The predicted molar refractivity (Wildman–Crippen MR) is 151 cm³/mol. The number of amides is 1. The number of nitrogens with one attached hydrogen (secondary N) is 1. The minimum absolute atomic E-state index is 0.0487. The van der Waals surface area contributed by atoms with Crippen LogP contribution in [0.5, 0.6) is 11.5 Å². The van der Waals surface area contributed by atoms with Gasteiger partial charge in [0.15, 0.2) is 11.6 Å². The van der Waals surface area contributed by atoms with E-state index in [2.05, 4.69) is 10.3 Å². The Morgan fingerprint density at radius 2 is 1.82 bits per heavy atom. The van der Waals surface area contributed by atoms with Gasteiger partial charge in [-0.25, -0.2) is 4.39 Å². The van der Waals surface area contributed by atoms with Crippen LogP contribution < -0.4 is 14.8 Å². The van der Waals surface area contributed by atoms with Gasteiger partial charge in [0.25, 0.3) is 5.91 Å². The van der Waals surface area contributed by atoms with Crippen LogP contribution >= 0.6 is 0 Å². The molecule has 1 aliphatic rings. The van der Waals surface area contributed by atoms with E-state index in [9.17, 15) is 14.0 Å². The molecule has 1 aliphatic carbocycles. The van der Waals surface area contributed by atoms with Crippen molar-refractivity contribution in [2.24, 2.45) is 5.92 Å². The molecule has 8 heteroatoms. The fourth-order valence-electron chi connectivity index (χ4n) is 4.78. The van der Waals surface area contributed by atoms with Crippen LogP contribution in [0.2, 0.25) is 0 Å². The summed E-state index contributed by atoms with van der Waals surface area (Å²) in [6.07, 6.45) is 7.33. The Balaban J connectivity index is 1.59. The number of carbonyl (C=O) groups is 2. The molecule has 1 fully saturated rings. The average molecular weight is 549 g/mol. The molecule has 0 radical (unpaired) electrons. The molecular weight excluding hydrogens is 511 g/mol. The molecule has 3 aromatic rings. The minimum Gasteiger partial charge on any atom is -0.494 e. The molecule has 0 aliphatic heterocycles. The Labute approximate surface area is 235 Å². The Kier molecular flexibility index (Phi) is 10.1. The number of rotatable bonds is 11. The fraction of sp³-hybridized carbons (Fsp3) is 0.406. The summed E-state index contributed by atoms with van der Waals surface area (Å²) in [4.78, 5) is 30.2. The lowest BCUT2D eigenvalue weighted by Gasteiger charge is -2.24. The molecule has 1 amide bonds. The van der Waals surface area contributed by atoms with Crippen molar-refractivity contribution in [1.29, 1.82) is 0 Å². The van der Waals surface area contributed by atoms with Crippen LogP contribution in [0.3, 0.4) is 0 Å². The second-order valence-corrected chi connectivity index (χ2v) is 10.5. The van der Waals surface area contributed by atoms with Crippen molar-refractivity contribution in [3.05, 3.63) is 77.2 Å². The number of hydrogen-bond acceptors (Lipinski definition) is 6. The zero-order valence-corrected chi connectivity index (χ0v) is 23.4. The van der Waals surface area contributed by atoms with Crippen LogP contribution in [0.15, 0.2) is 54.7 Å². The smallest absolute Gasteiger partial charge is 0.306 e. The van der Waals surface area contributed by atoms with E-state index in [-0.39, 0.29) is 42.8 Å². The highest BCUT2D eigenvalue weighted by Gasteiger charge is 2.21. The van der Waals surface area contributed by atoms with Gasteiger partial charge < -0.3 is 19.5 Å². The number of halogens is 1. The number of nitrogens with zero attached hydrogens (tertiary/aromatic N) is 1. The van der Waals surface area contributed by atoms with Crippen molar-refractivity contribution in [2.45, 2.75) is 71.6 Å². The van der Waals surface area contributed by atoms with Crippen molar-refractivity contribution >= 4 is 11.9 Å². The molecule has 0 saturated heterocycles. The summed E-state index contributed by atoms with van der Waals surface area (Å²) in [6, 6.07) is 13.7. The van der Waals surface area contributed by atoms with E-state index >= 15 is 0 Å². The van der Waals surface area contributed by atoms with E-state index in [0.29, 0.717) is 34.6 Å². The van der Waals surface area contributed by atoms with Gasteiger partial charge in [-0.1, -0.05) is 32.4 Å². The van der Waals surface area contributed by atoms with E-state index in [1.54, 1.807) is 30.5 Å². The van der Waals surface area contributed by atoms with Gasteiger partial charge in [-0.15, -0.1) is 0 Å². The number of benzene rings is 2. The quantitative estimate of drug-likeness (QED) is 0.271. The molecule has 1 N–H and O–H groups in total. The number of carbonyl (C=O) groups excluding carboxylic acids is 2. The van der Waals surface area contributed by atoms with E-state index in [4.69, 9.17) is 14.2 Å². The summed E-state index contributed by atoms with van der Waals surface area (Å²) in [5.41, 5.74) is 3.03. The Morgan fingerprint density at radius 3 is 2.55 bits per heavy atom. The summed E-state index contributed by atoms with van der Waals surface area (Å²) < 4.78 is 31.0. The Morgan fingerprint density at radius 1 is 1.05 bits per heavy atom. The van der Waals surface area contributed by atoms with Crippen molar-refractivity contribution in [3.63, 3.8) is 0 Å². The molecule has 0 bridgehead atoms. The monoisotopic (exact) mass is 548 g/mol. The van der Waals surface area contributed by atoms with Gasteiger partial charge in [0.2, 0.25) is 0 Å². The molecule has 7 nitrogen and oxygen atoms in total. The van der Waals surface area contributed by atoms with Gasteiger partial charge in [0, 0.05) is 30.3 Å². The van der Waals surface area contributed by atoms with E-state index < -0.39 is 5.82 Å². The molecule has 0 atom stereocenters. The predicted octanol–water partition coefficient (Wildman–Crippen LogP) is 6.63. The molecule has 0 unspecified atom stereocenters. The van der Waals surface area contributed by atoms with Crippen LogP contribution in [0.4, 0.5) is 4.39 Å². The molecule has 40 heavy (non-hydrogen) atoms. The second-order valence-electron chi connectivity index (χ2n) is 10.5. The van der Waals surface area contributed by atoms with Crippen molar-refractivity contribution < 1.29 is 28.2 Å². The van der Waals surface area contributed by atoms with Gasteiger partial charge in [0.05, 0.1) is 24.5 Å². The molecule has 1 aromatic heterocycles. The van der Waals surface area contributed by atoms with Gasteiger partial charge in [-0.3, -0.25) is 14.6 Å². The number of hydrogen-bond donors (Lipinski definition) is 1. The highest BCUT2D eigenvalue weighted by Crippen LogP contribution is 2.31. The SMILES string of the molecule is COc1ccc(CNC(=O)c2cc(-c3ncccc3COC(=O)CC(C)C)ccc2OC2CCCCC2)cc1F. The summed E-state index contributed by atoms with van der Waals surface area (Å²) in [5, 5.41) is 2.89. The zero-order valence-electron chi connectivity index (χ0n) is 23.4. The number of methoxy groups -OCH3 is 1. The number of pyridine rings is 1. The summed E-state index contributed by atoms with van der Waals surface area (Å²) in [6.45, 7) is 4.14. The lowest BCUT2D eigenvalue weighted by Crippen LogP contribution is -2.26. The highest BCUT2D eigenvalue weighted by molar-refractivity contribution is 5.98. The van der Waals surface area contributed by atoms with Crippen LogP contribution in [0.25, 0.3) is 11.3 Å². The third-order valence-corrected chi connectivity index (χ3v) is 6.87. The number of esters is 1. The fourth-order valence-corrected chi connectivity index (χ4v) is 4.78. The molecule has 1 heterocycles. The second kappa shape index (κ2) is 13.9. The van der Waals surface area contributed by atoms with E-state index in [1.165, 1.54) is 25.7 Å². The molecule has 1 saturated carbocycles. The largest absolute Gasteiger partial charge is 0.494 e. The maximum atomic E-state index is 14.2. The average Bonchev–Trinajstić information content (AvgIpc) is 2.95. The van der Waals surface area contributed by atoms with E-state index in [1.807, 2.05) is 26.0 Å². The van der Waals surface area contributed by atoms with Gasteiger partial charge >= 0.3 is 5.97 Å². The topological polar surface area (TPSA) is 86.8 Å². The van der Waals surface area contributed by atoms with Crippen molar-refractivity contribution in [2.75, 3.05) is 7.11 Å². The first-order valence-electron chi connectivity index (χ1n) is 13.8. The first kappa shape index (κ1) is 29.1. The van der Waals surface area contributed by atoms with Crippen LogP contribution in [-0.4, -0.2) is 30.1 Å². The summed E-state index contributed by atoms with van der Waals surface area (Å²) in [7, 11) is 1.41. The van der Waals surface area contributed by atoms with Crippen molar-refractivity contribution in [3.8, 4) is 22.8 Å². The normalized spacial score (nSPS) is 13.6. The van der Waals surface area contributed by atoms with Crippen LogP contribution in [-0.2, 0) is 22.7 Å². The van der Waals surface area contributed by atoms with Gasteiger partial charge in [-0.05, 0) is 73.6 Å². The molecular formula is C32H37FN2O5. The molecule has 2 aromatic carbocycles. The summed E-state index contributed by atoms with van der Waals surface area (Å²) >= 11 is 0. The zero-order chi connectivity index (χ0) is 28.5. The first-order valence-corrected chi connectivity index (χ1v) is 13.8. The first-order chi connectivity index (χ1) is 19.3. The lowest BCUT2D eigenvalue weighted by molar-refractivity contribution is -0.145. The van der Waals surface area contributed by atoms with Crippen LogP contribution in [0, 0.1) is 11.7 Å². The minimum atomic E-state index is -0.491. The Bertz CT molecular complexity index is 1320. The third-order valence-electron chi connectivity index (χ3n) is 6.87. The van der Waals surface area contributed by atoms with E-state index in [0.717, 1.165) is 31.2 Å². The maximum absolute atomic E-state index is 14.2. The number of ether oxygens (including phenoxy) is 3.